The van der Waals surface area contributed by atoms with E-state index in [1.165, 1.54) is 0 Å². The first kappa shape index (κ1) is 30.4. The summed E-state index contributed by atoms with van der Waals surface area (Å²) in [4.78, 5) is 8.56. The maximum Gasteiger partial charge on any atom is 0 e. The summed E-state index contributed by atoms with van der Waals surface area (Å²) in [5.41, 5.74) is 0. The summed E-state index contributed by atoms with van der Waals surface area (Å²) in [6.45, 7) is 0. The van der Waals surface area contributed by atoms with E-state index < -0.39 is 6.16 Å². The van der Waals surface area contributed by atoms with E-state index >= 15 is 0 Å². The van der Waals surface area contributed by atoms with Crippen molar-refractivity contribution >= 4 is 84.6 Å². The molecule has 0 aromatic carbocycles. The van der Waals surface area contributed by atoms with Gasteiger partial charge in [-0.3, -0.25) is 0 Å². The fourth-order valence-corrected chi connectivity index (χ4v) is 0. The molecule has 0 aromatic rings. The maximum atomic E-state index is 8.56. The van der Waals surface area contributed by atoms with Crippen LogP contribution >= 0.6 is 0 Å². The van der Waals surface area contributed by atoms with Crippen LogP contribution in [0.4, 0.5) is 4.79 Å². The Bertz CT molecular complexity index is 39.0. The molecule has 0 aromatic heterocycles. The molecule has 0 bridgehead atoms. The zero-order valence-corrected chi connectivity index (χ0v) is 6.91. The van der Waals surface area contributed by atoms with Crippen LogP contribution in [-0.4, -0.2) is 100 Å². The quantitative estimate of drug-likeness (QED) is 0.391. The van der Waals surface area contributed by atoms with E-state index in [1.807, 2.05) is 0 Å². The minimum atomic E-state index is -1.83. The van der Waals surface area contributed by atoms with E-state index in [1.54, 1.807) is 0 Å². The van der Waals surface area contributed by atoms with Crippen molar-refractivity contribution in [2.45, 2.75) is 0 Å². The molecule has 4 nitrogen and oxygen atoms in total. The van der Waals surface area contributed by atoms with Crippen molar-refractivity contribution in [2.75, 3.05) is 0 Å². The number of carbonyl (C=O) groups is 1. The molecule has 0 aliphatic heterocycles. The second-order valence-corrected chi connectivity index (χ2v) is 0.283. The average molecular weight is 475 g/mol. The molecule has 0 fully saturated rings. The van der Waals surface area contributed by atoms with Gasteiger partial charge in [0.15, 0.2) is 0 Å². The van der Waals surface area contributed by atoms with E-state index in [0.29, 0.717) is 0 Å². The van der Waals surface area contributed by atoms with Crippen molar-refractivity contribution in [1.29, 1.82) is 0 Å². The van der Waals surface area contributed by atoms with Gasteiger partial charge in [0.1, 0.15) is 0 Å². The molecule has 0 aliphatic rings. The molecule has 0 spiro atoms. The summed E-state index contributed by atoms with van der Waals surface area (Å²) < 4.78 is 0. The normalized spacial score (nSPS) is 3.00. The van der Waals surface area contributed by atoms with Gasteiger partial charge in [-0.15, -0.1) is 0 Å². The molecule has 0 atom stereocenters. The first-order chi connectivity index (χ1) is 1.73. The van der Waals surface area contributed by atoms with Crippen LogP contribution in [0.2, 0.25) is 0 Å². The van der Waals surface area contributed by atoms with Crippen molar-refractivity contribution in [2.24, 2.45) is 0 Å². The molecule has 7 heteroatoms. The monoisotopic (exact) mass is 476 g/mol. The minimum absolute atomic E-state index is 0. The Morgan fingerprint density at radius 2 is 1.25 bits per heavy atom. The minimum Gasteiger partial charge on any atom is 0 e. The predicted octanol–water partition coefficient (Wildman–Crippen LogP) is -2.17. The van der Waals surface area contributed by atoms with E-state index in [0.717, 1.165) is 0 Å². The van der Waals surface area contributed by atoms with Gasteiger partial charge < -0.3 is 15.7 Å². The van der Waals surface area contributed by atoms with Crippen molar-refractivity contribution in [1.82, 2.24) is 0 Å². The SMILES string of the molecule is O.O=C(O)O.[BaH2].[NaH].[Th]. The van der Waals surface area contributed by atoms with Crippen LogP contribution in [0.3, 0.4) is 0 Å². The molecule has 0 heterocycles. The summed E-state index contributed by atoms with van der Waals surface area (Å²) in [5, 5.41) is 13.9. The molecule has 42 valence electrons. The summed E-state index contributed by atoms with van der Waals surface area (Å²) in [5.74, 6) is 0. The number of carboxylic acid groups (broad SMARTS) is 2. The third kappa shape index (κ3) is 61.7. The number of rotatable bonds is 0. The molecule has 0 unspecified atom stereocenters. The standard InChI is InChI=1S/CH2O3.Ba.Na.H2O.Th.3H/c2-1(3)4;;;;;;;/h(H2,2,3,4);;;1H2;;;;. The molecular formula is CH7BaNaO4Th. The Labute approximate surface area is 141 Å². The van der Waals surface area contributed by atoms with Gasteiger partial charge in [0.05, 0.1) is 0 Å². The molecule has 8 heavy (non-hydrogen) atoms. The summed E-state index contributed by atoms with van der Waals surface area (Å²) >= 11 is 0. The molecule has 0 amide bonds. The van der Waals surface area contributed by atoms with Gasteiger partial charge in [0.2, 0.25) is 0 Å². The van der Waals surface area contributed by atoms with E-state index in [4.69, 9.17) is 15.0 Å². The van der Waals surface area contributed by atoms with Crippen LogP contribution in [0, 0.1) is 39.9 Å². The predicted molar refractivity (Wildman–Crippen MR) is 30.0 cm³/mol. The molecule has 4 N–H and O–H groups in total. The second-order valence-electron chi connectivity index (χ2n) is 0.283. The molecular weight excluding hydrogens is 468 g/mol. The van der Waals surface area contributed by atoms with Crippen LogP contribution in [0.1, 0.15) is 0 Å². The van der Waals surface area contributed by atoms with Gasteiger partial charge in [-0.05, 0) is 0 Å². The molecule has 0 rings (SSSR count). The zero-order valence-electron chi connectivity index (χ0n) is 2.80. The molecule has 0 radical (unpaired) electrons. The molecule has 0 aliphatic carbocycles. The average Bonchev–Trinajstić information content (AvgIpc) is 0.811. The van der Waals surface area contributed by atoms with Crippen molar-refractivity contribution in [3.63, 3.8) is 0 Å². The van der Waals surface area contributed by atoms with Crippen molar-refractivity contribution < 1.29 is 60.4 Å². The third-order valence-electron chi connectivity index (χ3n) is 0. The van der Waals surface area contributed by atoms with Gasteiger partial charge in [0, 0.05) is 39.9 Å². The van der Waals surface area contributed by atoms with Gasteiger partial charge in [0.25, 0.3) is 0 Å². The Morgan fingerprint density at radius 3 is 1.25 bits per heavy atom. The first-order valence-electron chi connectivity index (χ1n) is 0.651. The fraction of sp³-hybridized carbons (Fsp3) is 0. The van der Waals surface area contributed by atoms with Crippen LogP contribution in [0.15, 0.2) is 0 Å². The van der Waals surface area contributed by atoms with Gasteiger partial charge in [-0.1, -0.05) is 0 Å². The number of hydrogen-bond donors (Lipinski definition) is 2. The smallest absolute Gasteiger partial charge is 0 e. The Hall–Kier alpha value is 3.13. The van der Waals surface area contributed by atoms with E-state index in [-0.39, 0.29) is 124 Å². The third-order valence-corrected chi connectivity index (χ3v) is 0. The van der Waals surface area contributed by atoms with Crippen molar-refractivity contribution in [3.05, 3.63) is 0 Å². The van der Waals surface area contributed by atoms with E-state index in [9.17, 15) is 0 Å². The zero-order chi connectivity index (χ0) is 3.58. The first-order valence-corrected chi connectivity index (χ1v) is 0.651. The van der Waals surface area contributed by atoms with Crippen LogP contribution in [0.5, 0.6) is 0 Å². The Balaban J connectivity index is -0.00000000750. The Morgan fingerprint density at radius 1 is 1.25 bits per heavy atom. The fourth-order valence-electron chi connectivity index (χ4n) is 0. The molecule has 0 saturated carbocycles. The van der Waals surface area contributed by atoms with E-state index in [2.05, 4.69) is 0 Å². The van der Waals surface area contributed by atoms with Crippen LogP contribution < -0.4 is 0 Å². The molecule has 0 saturated heterocycles. The van der Waals surface area contributed by atoms with Crippen LogP contribution in [0.25, 0.3) is 0 Å². The maximum absolute atomic E-state index is 8.56. The summed E-state index contributed by atoms with van der Waals surface area (Å²) in [6.07, 6.45) is -1.83. The second kappa shape index (κ2) is 22.5. The van der Waals surface area contributed by atoms with Gasteiger partial charge in [-0.2, -0.15) is 0 Å². The summed E-state index contributed by atoms with van der Waals surface area (Å²) in [7, 11) is 0. The largest absolute Gasteiger partial charge is 0 e. The van der Waals surface area contributed by atoms with Crippen molar-refractivity contribution in [3.8, 4) is 0 Å². The topological polar surface area (TPSA) is 89.0 Å². The van der Waals surface area contributed by atoms with Gasteiger partial charge >= 0.3 is 84.6 Å². The Kier molecular flexibility index (Phi) is 85.4. The van der Waals surface area contributed by atoms with Crippen LogP contribution in [-0.2, 0) is 0 Å². The summed E-state index contributed by atoms with van der Waals surface area (Å²) in [6, 6.07) is 0. The number of hydrogen-bond acceptors (Lipinski definition) is 1. The van der Waals surface area contributed by atoms with Gasteiger partial charge in [-0.25, -0.2) is 4.79 Å².